The number of nitriles is 1. The summed E-state index contributed by atoms with van der Waals surface area (Å²) in [6.45, 7) is 0. The zero-order chi connectivity index (χ0) is 12.3. The number of methoxy groups -OCH3 is 1. The van der Waals surface area contributed by atoms with Crippen molar-refractivity contribution in [2.75, 3.05) is 7.11 Å². The Morgan fingerprint density at radius 2 is 2.31 bits per heavy atom. The number of pyridine rings is 1. The maximum atomic E-state index is 12.6. The highest BCUT2D eigenvalue weighted by atomic mass is 19.3. The molecule has 5 nitrogen and oxygen atoms in total. The minimum Gasteiger partial charge on any atom is -0.481 e. The Morgan fingerprint density at radius 1 is 1.69 bits per heavy atom. The Morgan fingerprint density at radius 3 is 2.69 bits per heavy atom. The van der Waals surface area contributed by atoms with Crippen molar-refractivity contribution in [3.05, 3.63) is 22.9 Å². The largest absolute Gasteiger partial charge is 0.481 e. The molecule has 0 unspecified atom stereocenters. The maximum absolute atomic E-state index is 12.6. The number of halogens is 2. The Hall–Kier alpha value is -2.23. The summed E-state index contributed by atoms with van der Waals surface area (Å²) in [4.78, 5) is 14.5. The first-order valence-corrected chi connectivity index (χ1v) is 4.08. The maximum Gasteiger partial charge on any atom is 0.264 e. The Labute approximate surface area is 89.4 Å². The van der Waals surface area contributed by atoms with Crippen LogP contribution in [-0.4, -0.2) is 18.0 Å². The molecule has 84 valence electrons. The molecule has 0 aromatic carbocycles. The summed E-state index contributed by atoms with van der Waals surface area (Å²) in [6.07, 6.45) is -2.94. The van der Waals surface area contributed by atoms with Gasteiger partial charge in [-0.2, -0.15) is 5.26 Å². The third kappa shape index (κ3) is 2.06. The summed E-state index contributed by atoms with van der Waals surface area (Å²) in [5.41, 5.74) is 3.22. The molecule has 16 heavy (non-hydrogen) atoms. The third-order valence-corrected chi connectivity index (χ3v) is 1.82. The van der Waals surface area contributed by atoms with Gasteiger partial charge in [0, 0.05) is 11.6 Å². The smallest absolute Gasteiger partial charge is 0.264 e. The van der Waals surface area contributed by atoms with E-state index in [1.54, 1.807) is 0 Å². The van der Waals surface area contributed by atoms with E-state index >= 15 is 0 Å². The molecule has 0 aliphatic heterocycles. The number of rotatable bonds is 3. The monoisotopic (exact) mass is 227 g/mol. The lowest BCUT2D eigenvalue weighted by Crippen LogP contribution is -2.17. The zero-order valence-corrected chi connectivity index (χ0v) is 8.20. The van der Waals surface area contributed by atoms with Gasteiger partial charge in [0.15, 0.2) is 5.69 Å². The number of ether oxygens (including phenoxy) is 1. The number of hydrogen-bond donors (Lipinski definition) is 1. The van der Waals surface area contributed by atoms with Crippen molar-refractivity contribution in [3.8, 4) is 11.9 Å². The molecule has 0 bridgehead atoms. The Kier molecular flexibility index (Phi) is 3.35. The van der Waals surface area contributed by atoms with Crippen LogP contribution in [0.2, 0.25) is 0 Å². The van der Waals surface area contributed by atoms with Crippen LogP contribution in [-0.2, 0) is 0 Å². The predicted molar refractivity (Wildman–Crippen MR) is 49.0 cm³/mol. The Bertz CT molecular complexity index is 469. The molecule has 1 heterocycles. The van der Waals surface area contributed by atoms with E-state index in [0.717, 1.165) is 6.07 Å². The molecule has 0 aliphatic carbocycles. The first-order valence-electron chi connectivity index (χ1n) is 4.08. The molecular formula is C9H7F2N3O2. The van der Waals surface area contributed by atoms with Crippen molar-refractivity contribution in [3.63, 3.8) is 0 Å². The highest BCUT2D eigenvalue weighted by Gasteiger charge is 2.23. The van der Waals surface area contributed by atoms with Gasteiger partial charge in [0.1, 0.15) is 6.07 Å². The van der Waals surface area contributed by atoms with E-state index in [1.165, 1.54) is 13.2 Å². The second-order valence-corrected chi connectivity index (χ2v) is 2.75. The number of hydrogen-bond acceptors (Lipinski definition) is 4. The fraction of sp³-hybridized carbons (Fsp3) is 0.222. The van der Waals surface area contributed by atoms with Crippen LogP contribution < -0.4 is 10.5 Å². The van der Waals surface area contributed by atoms with Crippen molar-refractivity contribution < 1.29 is 18.3 Å². The molecule has 0 saturated carbocycles. The summed E-state index contributed by atoms with van der Waals surface area (Å²) in [7, 11) is 1.21. The lowest BCUT2D eigenvalue weighted by atomic mass is 10.1. The summed E-state index contributed by atoms with van der Waals surface area (Å²) in [6, 6.07) is 2.40. The van der Waals surface area contributed by atoms with Crippen LogP contribution in [0.4, 0.5) is 8.78 Å². The van der Waals surface area contributed by atoms with Crippen molar-refractivity contribution in [2.24, 2.45) is 5.73 Å². The number of nitrogens with two attached hydrogens (primary N) is 1. The summed E-state index contributed by atoms with van der Waals surface area (Å²) in [5.74, 6) is -1.29. The SMILES string of the molecule is COc1cc(C(F)F)c(C(N)=O)c(C#N)n1. The van der Waals surface area contributed by atoms with Crippen LogP contribution in [0.3, 0.4) is 0 Å². The first kappa shape index (κ1) is 11.8. The summed E-state index contributed by atoms with van der Waals surface area (Å²) in [5, 5.41) is 8.67. The van der Waals surface area contributed by atoms with Gasteiger partial charge in [0.25, 0.3) is 12.3 Å². The standard InChI is InChI=1S/C9H7F2N3O2/c1-16-6-2-4(8(10)11)7(9(13)15)5(3-12)14-6/h2,8H,1H3,(H2,13,15). The van der Waals surface area contributed by atoms with E-state index < -0.39 is 29.2 Å². The molecular weight excluding hydrogens is 220 g/mol. The van der Waals surface area contributed by atoms with Gasteiger partial charge in [-0.1, -0.05) is 0 Å². The average Bonchev–Trinajstić information content (AvgIpc) is 2.26. The molecule has 0 saturated heterocycles. The molecule has 2 N–H and O–H groups in total. The van der Waals surface area contributed by atoms with Crippen LogP contribution >= 0.6 is 0 Å². The summed E-state index contributed by atoms with van der Waals surface area (Å²) < 4.78 is 29.9. The molecule has 0 spiro atoms. The van der Waals surface area contributed by atoms with E-state index in [2.05, 4.69) is 9.72 Å². The quantitative estimate of drug-likeness (QED) is 0.834. The predicted octanol–water partition coefficient (Wildman–Crippen LogP) is 0.998. The van der Waals surface area contributed by atoms with Gasteiger partial charge in [-0.3, -0.25) is 4.79 Å². The number of amides is 1. The second-order valence-electron chi connectivity index (χ2n) is 2.75. The number of nitrogens with zero attached hydrogens (tertiary/aromatic N) is 2. The van der Waals surface area contributed by atoms with Crippen LogP contribution in [0, 0.1) is 11.3 Å². The van der Waals surface area contributed by atoms with Crippen LogP contribution in [0.15, 0.2) is 6.07 Å². The van der Waals surface area contributed by atoms with Crippen molar-refractivity contribution in [1.29, 1.82) is 5.26 Å². The van der Waals surface area contributed by atoms with Gasteiger partial charge in [-0.05, 0) is 0 Å². The molecule has 7 heteroatoms. The molecule has 0 aliphatic rings. The average molecular weight is 227 g/mol. The van der Waals surface area contributed by atoms with Gasteiger partial charge in [0.05, 0.1) is 12.7 Å². The topological polar surface area (TPSA) is 89.0 Å². The minimum atomic E-state index is -2.94. The van der Waals surface area contributed by atoms with Gasteiger partial charge >= 0.3 is 0 Å². The van der Waals surface area contributed by atoms with Crippen molar-refractivity contribution in [2.45, 2.75) is 6.43 Å². The molecule has 1 amide bonds. The highest BCUT2D eigenvalue weighted by Crippen LogP contribution is 2.27. The van der Waals surface area contributed by atoms with Gasteiger partial charge < -0.3 is 10.5 Å². The lowest BCUT2D eigenvalue weighted by Gasteiger charge is -2.08. The third-order valence-electron chi connectivity index (χ3n) is 1.82. The van der Waals surface area contributed by atoms with Gasteiger partial charge in [0.2, 0.25) is 5.88 Å². The number of carbonyl (C=O) groups excluding carboxylic acids is 1. The fourth-order valence-corrected chi connectivity index (χ4v) is 1.16. The van der Waals surface area contributed by atoms with E-state index in [1.807, 2.05) is 0 Å². The molecule has 1 aromatic rings. The van der Waals surface area contributed by atoms with E-state index in [-0.39, 0.29) is 5.88 Å². The number of primary amides is 1. The highest BCUT2D eigenvalue weighted by molar-refractivity contribution is 5.96. The van der Waals surface area contributed by atoms with Crippen LogP contribution in [0.1, 0.15) is 28.0 Å². The molecule has 1 rings (SSSR count). The molecule has 1 aromatic heterocycles. The normalized spacial score (nSPS) is 9.94. The van der Waals surface area contributed by atoms with E-state index in [0.29, 0.717) is 0 Å². The number of carbonyl (C=O) groups is 1. The first-order chi connectivity index (χ1) is 7.51. The van der Waals surface area contributed by atoms with Crippen LogP contribution in [0.25, 0.3) is 0 Å². The van der Waals surface area contributed by atoms with Crippen molar-refractivity contribution >= 4 is 5.91 Å². The summed E-state index contributed by atoms with van der Waals surface area (Å²) >= 11 is 0. The van der Waals surface area contributed by atoms with Gasteiger partial charge in [-0.25, -0.2) is 13.8 Å². The molecule has 0 fully saturated rings. The second kappa shape index (κ2) is 4.53. The number of aromatic nitrogens is 1. The van der Waals surface area contributed by atoms with Crippen LogP contribution in [0.5, 0.6) is 5.88 Å². The minimum absolute atomic E-state index is 0.170. The molecule has 0 atom stereocenters. The van der Waals surface area contributed by atoms with E-state index in [9.17, 15) is 13.6 Å². The number of alkyl halides is 2. The van der Waals surface area contributed by atoms with Crippen molar-refractivity contribution in [1.82, 2.24) is 4.98 Å². The van der Waals surface area contributed by atoms with E-state index in [4.69, 9.17) is 11.0 Å². The fourth-order valence-electron chi connectivity index (χ4n) is 1.16. The zero-order valence-electron chi connectivity index (χ0n) is 8.20. The Balaban J connectivity index is 3.55. The lowest BCUT2D eigenvalue weighted by molar-refractivity contribution is 0.0985. The molecule has 0 radical (unpaired) electrons. The van der Waals surface area contributed by atoms with Gasteiger partial charge in [-0.15, -0.1) is 0 Å².